The van der Waals surface area contributed by atoms with E-state index in [9.17, 15) is 14.9 Å². The molecule has 0 radical (unpaired) electrons. The predicted octanol–water partition coefficient (Wildman–Crippen LogP) is 5.87. The van der Waals surface area contributed by atoms with E-state index in [-0.39, 0.29) is 28.7 Å². The van der Waals surface area contributed by atoms with Crippen LogP contribution in [0.15, 0.2) is 30.3 Å². The van der Waals surface area contributed by atoms with Gasteiger partial charge < -0.3 is 20.1 Å². The molecule has 180 valence electrons. The Morgan fingerprint density at radius 2 is 1.85 bits per heavy atom. The molecule has 1 fully saturated rings. The van der Waals surface area contributed by atoms with Crippen molar-refractivity contribution < 1.29 is 9.72 Å². The summed E-state index contributed by atoms with van der Waals surface area (Å²) >= 11 is 12.9. The summed E-state index contributed by atoms with van der Waals surface area (Å²) in [5.74, 6) is 0.443. The molecule has 0 unspecified atom stereocenters. The van der Waals surface area contributed by atoms with Gasteiger partial charge in [-0.1, -0.05) is 23.2 Å². The van der Waals surface area contributed by atoms with Crippen molar-refractivity contribution in [1.29, 1.82) is 0 Å². The molecule has 1 amide bonds. The van der Waals surface area contributed by atoms with E-state index in [1.807, 2.05) is 13.8 Å². The third kappa shape index (κ3) is 4.76. The molecule has 1 aromatic heterocycles. The largest absolute Gasteiger partial charge is 0.371 e. The van der Waals surface area contributed by atoms with Gasteiger partial charge >= 0.3 is 0 Å². The summed E-state index contributed by atoms with van der Waals surface area (Å²) in [6.07, 6.45) is 1.68. The minimum Gasteiger partial charge on any atom is -0.371 e. The molecule has 2 N–H and O–H groups in total. The molecular formula is C23H26Cl2N6O3. The molecule has 2 heterocycles. The minimum atomic E-state index is -0.393. The number of non-ortho nitro benzene ring substituents is 1. The van der Waals surface area contributed by atoms with Gasteiger partial charge in [0, 0.05) is 49.9 Å². The first-order valence-electron chi connectivity index (χ1n) is 11.1. The number of hydrogen-bond acceptors (Lipinski definition) is 6. The standard InChI is InChI=1S/C23H26Cl2N6O3/c1-13(2)26-23-28-21-19(12-18(24)20(25)22(21)27-14(3)32)30(23)16-8-10-29(11-9-16)15-4-6-17(7-5-15)31(33)34/h4-7,12-13,16H,8-11H2,1-3H3,(H,26,28)(H,27,32). The molecule has 11 heteroatoms. The molecule has 0 saturated carbocycles. The average Bonchev–Trinajstić information content (AvgIpc) is 3.13. The Morgan fingerprint density at radius 3 is 2.41 bits per heavy atom. The van der Waals surface area contributed by atoms with Gasteiger partial charge in [-0.3, -0.25) is 14.9 Å². The first-order chi connectivity index (χ1) is 16.2. The fraction of sp³-hybridized carbons (Fsp3) is 0.391. The van der Waals surface area contributed by atoms with E-state index in [1.54, 1.807) is 18.2 Å². The number of imidazole rings is 1. The number of anilines is 3. The van der Waals surface area contributed by atoms with E-state index in [1.165, 1.54) is 19.1 Å². The molecule has 1 aliphatic rings. The first-order valence-corrected chi connectivity index (χ1v) is 11.8. The van der Waals surface area contributed by atoms with E-state index in [0.29, 0.717) is 22.2 Å². The van der Waals surface area contributed by atoms with Crippen molar-refractivity contribution >= 4 is 63.2 Å². The van der Waals surface area contributed by atoms with Gasteiger partial charge in [-0.2, -0.15) is 0 Å². The Labute approximate surface area is 207 Å². The molecule has 2 aromatic carbocycles. The number of halogens is 2. The number of piperidine rings is 1. The molecule has 1 aliphatic heterocycles. The van der Waals surface area contributed by atoms with Crippen molar-refractivity contribution in [3.63, 3.8) is 0 Å². The zero-order valence-corrected chi connectivity index (χ0v) is 20.7. The number of nitrogens with one attached hydrogen (secondary N) is 2. The maximum absolute atomic E-state index is 11.8. The summed E-state index contributed by atoms with van der Waals surface area (Å²) in [6.45, 7) is 7.05. The Hall–Kier alpha value is -3.04. The van der Waals surface area contributed by atoms with Gasteiger partial charge in [-0.15, -0.1) is 0 Å². The number of aromatic nitrogens is 2. The van der Waals surface area contributed by atoms with Crippen molar-refractivity contribution in [2.75, 3.05) is 28.6 Å². The molecule has 0 aliphatic carbocycles. The number of fused-ring (bicyclic) bond motifs is 1. The monoisotopic (exact) mass is 504 g/mol. The molecular weight excluding hydrogens is 479 g/mol. The lowest BCUT2D eigenvalue weighted by Crippen LogP contribution is -2.35. The summed E-state index contributed by atoms with van der Waals surface area (Å²) in [4.78, 5) is 29.4. The highest BCUT2D eigenvalue weighted by molar-refractivity contribution is 6.45. The van der Waals surface area contributed by atoms with Gasteiger partial charge in [0.25, 0.3) is 5.69 Å². The van der Waals surface area contributed by atoms with Crippen LogP contribution in [0, 0.1) is 10.1 Å². The molecule has 9 nitrogen and oxygen atoms in total. The lowest BCUT2D eigenvalue weighted by molar-refractivity contribution is -0.384. The SMILES string of the molecule is CC(=O)Nc1c(Cl)c(Cl)cc2c1nc(NC(C)C)n2C1CCN(c2ccc([N+](=O)[O-])cc2)CC1. The molecule has 0 spiro atoms. The molecule has 0 atom stereocenters. The van der Waals surface area contributed by atoms with Crippen LogP contribution in [0.1, 0.15) is 39.7 Å². The lowest BCUT2D eigenvalue weighted by Gasteiger charge is -2.35. The maximum Gasteiger partial charge on any atom is 0.269 e. The number of nitro benzene ring substituents is 1. The molecule has 34 heavy (non-hydrogen) atoms. The topological polar surface area (TPSA) is 105 Å². The molecule has 0 bridgehead atoms. The van der Waals surface area contributed by atoms with Crippen molar-refractivity contribution in [2.24, 2.45) is 0 Å². The van der Waals surface area contributed by atoms with Crippen molar-refractivity contribution in [2.45, 2.75) is 45.7 Å². The van der Waals surface area contributed by atoms with Crippen LogP contribution in [0.5, 0.6) is 0 Å². The van der Waals surface area contributed by atoms with E-state index in [0.717, 1.165) is 37.1 Å². The number of nitro groups is 1. The summed E-state index contributed by atoms with van der Waals surface area (Å²) in [7, 11) is 0. The molecule has 4 rings (SSSR count). The quantitative estimate of drug-likeness (QED) is 0.321. The number of carbonyl (C=O) groups excluding carboxylic acids is 1. The Morgan fingerprint density at radius 1 is 1.21 bits per heavy atom. The van der Waals surface area contributed by atoms with Crippen molar-refractivity contribution in [3.8, 4) is 0 Å². The Balaban J connectivity index is 1.67. The number of carbonyl (C=O) groups is 1. The van der Waals surface area contributed by atoms with Crippen LogP contribution in [0.3, 0.4) is 0 Å². The fourth-order valence-electron chi connectivity index (χ4n) is 4.36. The van der Waals surface area contributed by atoms with Crippen molar-refractivity contribution in [3.05, 3.63) is 50.5 Å². The predicted molar refractivity (Wildman–Crippen MR) is 136 cm³/mol. The van der Waals surface area contributed by atoms with Gasteiger partial charge in [0.05, 0.1) is 26.2 Å². The van der Waals surface area contributed by atoms with Crippen molar-refractivity contribution in [1.82, 2.24) is 9.55 Å². The van der Waals surface area contributed by atoms with Crippen LogP contribution in [-0.2, 0) is 4.79 Å². The van der Waals surface area contributed by atoms with Gasteiger partial charge in [-0.25, -0.2) is 4.98 Å². The highest BCUT2D eigenvalue weighted by Crippen LogP contribution is 2.41. The van der Waals surface area contributed by atoms with Crippen LogP contribution in [0.2, 0.25) is 10.0 Å². The van der Waals surface area contributed by atoms with Gasteiger partial charge in [0.1, 0.15) is 5.52 Å². The first kappa shape index (κ1) is 24.1. The molecule has 1 saturated heterocycles. The van der Waals surface area contributed by atoms with Gasteiger partial charge in [-0.05, 0) is 44.9 Å². The van der Waals surface area contributed by atoms with E-state index in [4.69, 9.17) is 28.2 Å². The van der Waals surface area contributed by atoms with Crippen LogP contribution in [-0.4, -0.2) is 39.5 Å². The Bertz CT molecular complexity index is 1230. The number of benzene rings is 2. The minimum absolute atomic E-state index is 0.0819. The second-order valence-corrected chi connectivity index (χ2v) is 9.48. The number of amides is 1. The Kier molecular flexibility index (Phi) is 6.86. The van der Waals surface area contributed by atoms with Crippen LogP contribution >= 0.6 is 23.2 Å². The van der Waals surface area contributed by atoms with Gasteiger partial charge in [0.15, 0.2) is 0 Å². The second-order valence-electron chi connectivity index (χ2n) is 8.69. The normalized spacial score (nSPS) is 14.6. The third-order valence-electron chi connectivity index (χ3n) is 5.85. The van der Waals surface area contributed by atoms with Gasteiger partial charge in [0.2, 0.25) is 11.9 Å². The summed E-state index contributed by atoms with van der Waals surface area (Å²) < 4.78 is 2.15. The lowest BCUT2D eigenvalue weighted by atomic mass is 10.0. The number of hydrogen-bond donors (Lipinski definition) is 2. The maximum atomic E-state index is 11.8. The number of rotatable bonds is 6. The van der Waals surface area contributed by atoms with E-state index in [2.05, 4.69) is 20.1 Å². The highest BCUT2D eigenvalue weighted by Gasteiger charge is 2.27. The zero-order valence-electron chi connectivity index (χ0n) is 19.1. The summed E-state index contributed by atoms with van der Waals surface area (Å²) in [6, 6.07) is 8.73. The van der Waals surface area contributed by atoms with Crippen LogP contribution < -0.4 is 15.5 Å². The second kappa shape index (κ2) is 9.68. The third-order valence-corrected chi connectivity index (χ3v) is 6.64. The summed E-state index contributed by atoms with van der Waals surface area (Å²) in [5.41, 5.74) is 2.84. The average molecular weight is 505 g/mol. The number of nitrogens with zero attached hydrogens (tertiary/aromatic N) is 4. The van der Waals surface area contributed by atoms with E-state index >= 15 is 0 Å². The molecule has 3 aromatic rings. The smallest absolute Gasteiger partial charge is 0.269 e. The summed E-state index contributed by atoms with van der Waals surface area (Å²) in [5, 5.41) is 17.7. The highest BCUT2D eigenvalue weighted by atomic mass is 35.5. The van der Waals surface area contributed by atoms with Crippen LogP contribution in [0.25, 0.3) is 11.0 Å². The van der Waals surface area contributed by atoms with E-state index < -0.39 is 4.92 Å². The van der Waals surface area contributed by atoms with Crippen LogP contribution in [0.4, 0.5) is 23.0 Å². The zero-order chi connectivity index (χ0) is 24.6. The fourth-order valence-corrected chi connectivity index (χ4v) is 4.75.